The van der Waals surface area contributed by atoms with Crippen LogP contribution < -0.4 is 5.32 Å². The number of hydrogen-bond acceptors (Lipinski definition) is 6. The third-order valence-electron chi connectivity index (χ3n) is 5.07. The summed E-state index contributed by atoms with van der Waals surface area (Å²) in [7, 11) is -3.09. The number of hydrogen-bond donors (Lipinski definition) is 1. The summed E-state index contributed by atoms with van der Waals surface area (Å²) in [6, 6.07) is 5.81. The van der Waals surface area contributed by atoms with E-state index in [4.69, 9.17) is 0 Å². The molecule has 0 radical (unpaired) electrons. The number of amides is 4. The van der Waals surface area contributed by atoms with Crippen molar-refractivity contribution in [3.63, 3.8) is 0 Å². The van der Waals surface area contributed by atoms with Crippen molar-refractivity contribution in [3.8, 4) is 0 Å². The Morgan fingerprint density at radius 2 is 1.62 bits per heavy atom. The first-order chi connectivity index (χ1) is 13.7. The molecule has 1 atom stereocenters. The van der Waals surface area contributed by atoms with Crippen molar-refractivity contribution in [2.24, 2.45) is 0 Å². The van der Waals surface area contributed by atoms with Crippen molar-refractivity contribution in [3.05, 3.63) is 35.4 Å². The lowest BCUT2D eigenvalue weighted by Crippen LogP contribution is -2.51. The largest absolute Gasteiger partial charge is 0.345 e. The van der Waals surface area contributed by atoms with Crippen LogP contribution in [0.3, 0.4) is 0 Å². The van der Waals surface area contributed by atoms with E-state index in [1.807, 2.05) is 0 Å². The minimum absolute atomic E-state index is 0.0550. The van der Waals surface area contributed by atoms with Crippen LogP contribution in [0, 0.1) is 0 Å². The van der Waals surface area contributed by atoms with Gasteiger partial charge in [0.05, 0.1) is 22.6 Å². The first-order valence-corrected chi connectivity index (χ1v) is 11.3. The molecule has 10 heteroatoms. The van der Waals surface area contributed by atoms with Crippen molar-refractivity contribution in [2.75, 3.05) is 31.1 Å². The maximum atomic E-state index is 12.4. The zero-order chi connectivity index (χ0) is 21.2. The molecule has 29 heavy (non-hydrogen) atoms. The molecular formula is C19H23N3O6S. The molecule has 0 aliphatic carbocycles. The first kappa shape index (κ1) is 21.0. The van der Waals surface area contributed by atoms with E-state index in [1.54, 1.807) is 31.2 Å². The van der Waals surface area contributed by atoms with Crippen LogP contribution in [0.2, 0.25) is 0 Å². The van der Waals surface area contributed by atoms with Crippen LogP contribution in [0.25, 0.3) is 0 Å². The number of rotatable bonds is 6. The predicted molar refractivity (Wildman–Crippen MR) is 104 cm³/mol. The number of imide groups is 1. The van der Waals surface area contributed by atoms with Crippen LogP contribution in [0.5, 0.6) is 0 Å². The van der Waals surface area contributed by atoms with E-state index in [2.05, 4.69) is 5.32 Å². The van der Waals surface area contributed by atoms with Gasteiger partial charge in [-0.25, -0.2) is 8.42 Å². The number of benzene rings is 1. The third kappa shape index (κ3) is 4.64. The van der Waals surface area contributed by atoms with E-state index in [0.29, 0.717) is 11.1 Å². The fourth-order valence-electron chi connectivity index (χ4n) is 3.42. The molecule has 1 fully saturated rings. The molecule has 1 aromatic rings. The maximum absolute atomic E-state index is 12.4. The van der Waals surface area contributed by atoms with Gasteiger partial charge >= 0.3 is 0 Å². The summed E-state index contributed by atoms with van der Waals surface area (Å²) in [5, 5.41) is 2.59. The molecule has 9 nitrogen and oxygen atoms in total. The molecule has 1 aromatic carbocycles. The number of fused-ring (bicyclic) bond motifs is 1. The van der Waals surface area contributed by atoms with Gasteiger partial charge in [-0.05, 0) is 25.5 Å². The van der Waals surface area contributed by atoms with Crippen LogP contribution in [-0.4, -0.2) is 79.0 Å². The molecule has 1 unspecified atom stereocenters. The predicted octanol–water partition coefficient (Wildman–Crippen LogP) is -0.175. The Labute approximate surface area is 169 Å². The molecule has 0 spiro atoms. The molecule has 2 heterocycles. The minimum atomic E-state index is -3.09. The van der Waals surface area contributed by atoms with Crippen LogP contribution in [0.15, 0.2) is 24.3 Å². The molecule has 0 saturated carbocycles. The highest BCUT2D eigenvalue weighted by atomic mass is 32.2. The fourth-order valence-corrected chi connectivity index (χ4v) is 4.62. The van der Waals surface area contributed by atoms with Crippen molar-refractivity contribution in [2.45, 2.75) is 25.8 Å². The molecule has 0 aromatic heterocycles. The Morgan fingerprint density at radius 1 is 1.07 bits per heavy atom. The number of carbonyl (C=O) groups excluding carboxylic acids is 4. The van der Waals surface area contributed by atoms with Gasteiger partial charge in [0.2, 0.25) is 11.8 Å². The lowest BCUT2D eigenvalue weighted by Gasteiger charge is -2.29. The van der Waals surface area contributed by atoms with E-state index in [1.165, 1.54) is 4.90 Å². The molecule has 156 valence electrons. The summed E-state index contributed by atoms with van der Waals surface area (Å²) in [6.45, 7) is 1.92. The van der Waals surface area contributed by atoms with Gasteiger partial charge in [0.1, 0.15) is 6.04 Å². The van der Waals surface area contributed by atoms with Gasteiger partial charge in [-0.15, -0.1) is 0 Å². The van der Waals surface area contributed by atoms with Crippen LogP contribution in [-0.2, 0) is 19.4 Å². The van der Waals surface area contributed by atoms with Crippen molar-refractivity contribution >= 4 is 33.5 Å². The van der Waals surface area contributed by atoms with Gasteiger partial charge in [-0.1, -0.05) is 12.1 Å². The highest BCUT2D eigenvalue weighted by Crippen LogP contribution is 2.22. The second kappa shape index (κ2) is 8.32. The summed E-state index contributed by atoms with van der Waals surface area (Å²) >= 11 is 0. The Balaban J connectivity index is 1.44. The number of nitrogens with zero attached hydrogens (tertiary/aromatic N) is 2. The Kier molecular flexibility index (Phi) is 6.02. The van der Waals surface area contributed by atoms with Gasteiger partial charge in [0.15, 0.2) is 9.84 Å². The standard InChI is InChI=1S/C19H23N3O6S/c1-13(17(24)21-9-11-29(27,28)12-10-21)20-16(23)7-4-8-22-18(25)14-5-2-3-6-15(14)19(22)26/h2-3,5-6,13H,4,7-12H2,1H3,(H,20,23). The molecule has 1 saturated heterocycles. The topological polar surface area (TPSA) is 121 Å². The second-order valence-electron chi connectivity index (χ2n) is 7.18. The highest BCUT2D eigenvalue weighted by Gasteiger charge is 2.34. The summed E-state index contributed by atoms with van der Waals surface area (Å²) in [5.74, 6) is -1.57. The maximum Gasteiger partial charge on any atom is 0.261 e. The monoisotopic (exact) mass is 421 g/mol. The normalized spacial score (nSPS) is 19.1. The van der Waals surface area contributed by atoms with Gasteiger partial charge < -0.3 is 10.2 Å². The van der Waals surface area contributed by atoms with Crippen molar-refractivity contribution < 1.29 is 27.6 Å². The van der Waals surface area contributed by atoms with Crippen molar-refractivity contribution in [1.29, 1.82) is 0 Å². The molecule has 2 aliphatic rings. The van der Waals surface area contributed by atoms with Gasteiger partial charge in [-0.3, -0.25) is 24.1 Å². The smallest absolute Gasteiger partial charge is 0.261 e. The Bertz CT molecular complexity index is 909. The number of nitrogens with one attached hydrogen (secondary N) is 1. The molecule has 0 bridgehead atoms. The van der Waals surface area contributed by atoms with Crippen LogP contribution in [0.1, 0.15) is 40.5 Å². The zero-order valence-corrected chi connectivity index (χ0v) is 16.9. The third-order valence-corrected chi connectivity index (χ3v) is 6.68. The van der Waals surface area contributed by atoms with E-state index in [-0.39, 0.29) is 67.6 Å². The molecular weight excluding hydrogens is 398 g/mol. The zero-order valence-electron chi connectivity index (χ0n) is 16.1. The summed E-state index contributed by atoms with van der Waals surface area (Å²) in [6.07, 6.45) is 0.333. The Morgan fingerprint density at radius 3 is 2.17 bits per heavy atom. The van der Waals surface area contributed by atoms with Crippen LogP contribution in [0.4, 0.5) is 0 Å². The Hall–Kier alpha value is -2.75. The lowest BCUT2D eigenvalue weighted by atomic mass is 10.1. The summed E-state index contributed by atoms with van der Waals surface area (Å²) < 4.78 is 22.9. The van der Waals surface area contributed by atoms with Gasteiger partial charge in [-0.2, -0.15) is 0 Å². The van der Waals surface area contributed by atoms with E-state index < -0.39 is 15.9 Å². The van der Waals surface area contributed by atoms with E-state index >= 15 is 0 Å². The number of carbonyl (C=O) groups is 4. The summed E-state index contributed by atoms with van der Waals surface area (Å²) in [5.41, 5.74) is 0.731. The number of sulfone groups is 1. The van der Waals surface area contributed by atoms with E-state index in [0.717, 1.165) is 4.90 Å². The van der Waals surface area contributed by atoms with Crippen LogP contribution >= 0.6 is 0 Å². The fraction of sp³-hybridized carbons (Fsp3) is 0.474. The van der Waals surface area contributed by atoms with Gasteiger partial charge in [0, 0.05) is 26.1 Å². The molecule has 4 amide bonds. The van der Waals surface area contributed by atoms with Crippen molar-refractivity contribution in [1.82, 2.24) is 15.1 Å². The second-order valence-corrected chi connectivity index (χ2v) is 9.48. The van der Waals surface area contributed by atoms with Gasteiger partial charge in [0.25, 0.3) is 11.8 Å². The average Bonchev–Trinajstić information content (AvgIpc) is 2.92. The highest BCUT2D eigenvalue weighted by molar-refractivity contribution is 7.91. The quantitative estimate of drug-likeness (QED) is 0.637. The average molecular weight is 421 g/mol. The molecule has 3 rings (SSSR count). The first-order valence-electron chi connectivity index (χ1n) is 9.43. The minimum Gasteiger partial charge on any atom is -0.345 e. The van der Waals surface area contributed by atoms with E-state index in [9.17, 15) is 27.6 Å². The SMILES string of the molecule is CC(NC(=O)CCCN1C(=O)c2ccccc2C1=O)C(=O)N1CCS(=O)(=O)CC1. The molecule has 2 aliphatic heterocycles. The molecule has 1 N–H and O–H groups in total. The summed E-state index contributed by atoms with van der Waals surface area (Å²) in [4.78, 5) is 51.6. The lowest BCUT2D eigenvalue weighted by molar-refractivity contribution is -0.135.